The van der Waals surface area contributed by atoms with Crippen molar-refractivity contribution >= 4 is 0 Å². The van der Waals surface area contributed by atoms with Crippen LogP contribution in [0.1, 0.15) is 18.9 Å². The molecule has 1 atom stereocenters. The third kappa shape index (κ3) is 3.78. The van der Waals surface area contributed by atoms with Gasteiger partial charge in [-0.25, -0.2) is 0 Å². The van der Waals surface area contributed by atoms with Crippen molar-refractivity contribution in [1.29, 1.82) is 0 Å². The zero-order valence-electron chi connectivity index (χ0n) is 7.86. The van der Waals surface area contributed by atoms with Gasteiger partial charge < -0.3 is 4.74 Å². The van der Waals surface area contributed by atoms with Crippen LogP contribution in [0.4, 0.5) is 0 Å². The van der Waals surface area contributed by atoms with Crippen LogP contribution in [-0.2, 0) is 11.3 Å². The molecule has 0 aliphatic rings. The zero-order chi connectivity index (χ0) is 9.52. The summed E-state index contributed by atoms with van der Waals surface area (Å²) in [6, 6.07) is 10.1. The molecule has 0 spiro atoms. The molecule has 0 aromatic heterocycles. The maximum atomic E-state index is 5.53. The van der Waals surface area contributed by atoms with Crippen LogP contribution in [0.3, 0.4) is 0 Å². The Bertz CT molecular complexity index is 271. The van der Waals surface area contributed by atoms with E-state index in [2.05, 4.69) is 5.92 Å². The predicted molar refractivity (Wildman–Crippen MR) is 54.1 cm³/mol. The molecule has 0 bridgehead atoms. The Balaban J connectivity index is 2.32. The van der Waals surface area contributed by atoms with Gasteiger partial charge in [0.05, 0.1) is 12.7 Å². The Hall–Kier alpha value is -1.26. The van der Waals surface area contributed by atoms with Crippen molar-refractivity contribution in [3.05, 3.63) is 35.9 Å². The topological polar surface area (TPSA) is 9.23 Å². The summed E-state index contributed by atoms with van der Waals surface area (Å²) in [5, 5.41) is 0. The lowest BCUT2D eigenvalue weighted by Gasteiger charge is -2.09. The molecule has 1 aromatic carbocycles. The van der Waals surface area contributed by atoms with E-state index in [1.54, 1.807) is 0 Å². The summed E-state index contributed by atoms with van der Waals surface area (Å²) in [7, 11) is 0. The Kier molecular flexibility index (Phi) is 4.08. The molecule has 0 fully saturated rings. The minimum Gasteiger partial charge on any atom is -0.373 e. The van der Waals surface area contributed by atoms with Crippen molar-refractivity contribution in [3.8, 4) is 12.3 Å². The van der Waals surface area contributed by atoms with E-state index >= 15 is 0 Å². The minimum atomic E-state index is 0.144. The standard InChI is InChI=1S/C12H14O/c1-3-7-11(2)13-10-12-8-5-4-6-9-12/h1,4-6,8-9,11H,7,10H2,2H3/t11-/m0/s1. The van der Waals surface area contributed by atoms with Gasteiger partial charge >= 0.3 is 0 Å². The highest BCUT2D eigenvalue weighted by atomic mass is 16.5. The smallest absolute Gasteiger partial charge is 0.0720 e. The predicted octanol–water partition coefficient (Wildman–Crippen LogP) is 2.62. The van der Waals surface area contributed by atoms with E-state index < -0.39 is 0 Å². The van der Waals surface area contributed by atoms with Crippen LogP contribution in [-0.4, -0.2) is 6.10 Å². The van der Waals surface area contributed by atoms with Gasteiger partial charge in [0, 0.05) is 6.42 Å². The number of benzene rings is 1. The molecule has 0 unspecified atom stereocenters. The number of terminal acetylenes is 1. The SMILES string of the molecule is C#CC[C@H](C)OCc1ccccc1. The molecule has 1 rings (SSSR count). The van der Waals surface area contributed by atoms with Crippen LogP contribution < -0.4 is 0 Å². The number of hydrogen-bond acceptors (Lipinski definition) is 1. The van der Waals surface area contributed by atoms with E-state index in [0.29, 0.717) is 13.0 Å². The van der Waals surface area contributed by atoms with Gasteiger partial charge in [0.25, 0.3) is 0 Å². The van der Waals surface area contributed by atoms with E-state index in [1.807, 2.05) is 37.3 Å². The first-order valence-corrected chi connectivity index (χ1v) is 4.42. The van der Waals surface area contributed by atoms with Crippen LogP contribution in [0.2, 0.25) is 0 Å². The van der Waals surface area contributed by atoms with Gasteiger partial charge in [-0.3, -0.25) is 0 Å². The fourth-order valence-electron chi connectivity index (χ4n) is 1.04. The Morgan fingerprint density at radius 2 is 2.08 bits per heavy atom. The van der Waals surface area contributed by atoms with E-state index in [1.165, 1.54) is 5.56 Å². The van der Waals surface area contributed by atoms with Gasteiger partial charge in [0.15, 0.2) is 0 Å². The van der Waals surface area contributed by atoms with Gasteiger partial charge in [-0.15, -0.1) is 12.3 Å². The summed E-state index contributed by atoms with van der Waals surface area (Å²) < 4.78 is 5.53. The molecule has 0 saturated heterocycles. The first-order valence-electron chi connectivity index (χ1n) is 4.42. The summed E-state index contributed by atoms with van der Waals surface area (Å²) in [5.41, 5.74) is 1.19. The molecule has 1 nitrogen and oxygen atoms in total. The zero-order valence-corrected chi connectivity index (χ0v) is 7.86. The Morgan fingerprint density at radius 1 is 1.38 bits per heavy atom. The van der Waals surface area contributed by atoms with E-state index in [4.69, 9.17) is 11.2 Å². The fraction of sp³-hybridized carbons (Fsp3) is 0.333. The highest BCUT2D eigenvalue weighted by molar-refractivity contribution is 5.13. The monoisotopic (exact) mass is 174 g/mol. The lowest BCUT2D eigenvalue weighted by Crippen LogP contribution is -2.06. The first kappa shape index (κ1) is 9.83. The van der Waals surface area contributed by atoms with Crippen molar-refractivity contribution in [2.24, 2.45) is 0 Å². The molecule has 0 N–H and O–H groups in total. The molecule has 0 radical (unpaired) electrons. The van der Waals surface area contributed by atoms with Gasteiger partial charge in [0.1, 0.15) is 0 Å². The summed E-state index contributed by atoms with van der Waals surface area (Å²) >= 11 is 0. The summed E-state index contributed by atoms with van der Waals surface area (Å²) in [5.74, 6) is 2.58. The average Bonchev–Trinajstić information content (AvgIpc) is 2.17. The van der Waals surface area contributed by atoms with Gasteiger partial charge in [-0.2, -0.15) is 0 Å². The average molecular weight is 174 g/mol. The fourth-order valence-corrected chi connectivity index (χ4v) is 1.04. The van der Waals surface area contributed by atoms with Crippen LogP contribution in [0.25, 0.3) is 0 Å². The van der Waals surface area contributed by atoms with Gasteiger partial charge in [0.2, 0.25) is 0 Å². The third-order valence-corrected chi connectivity index (χ3v) is 1.78. The van der Waals surface area contributed by atoms with Gasteiger partial charge in [-0.05, 0) is 12.5 Å². The molecule has 13 heavy (non-hydrogen) atoms. The van der Waals surface area contributed by atoms with Crippen LogP contribution in [0.15, 0.2) is 30.3 Å². The number of ether oxygens (including phenoxy) is 1. The quantitative estimate of drug-likeness (QED) is 0.637. The second kappa shape index (κ2) is 5.40. The summed E-state index contributed by atoms with van der Waals surface area (Å²) in [6.07, 6.45) is 5.99. The number of hydrogen-bond donors (Lipinski definition) is 0. The summed E-state index contributed by atoms with van der Waals surface area (Å²) in [6.45, 7) is 2.63. The van der Waals surface area contributed by atoms with Crippen molar-refractivity contribution in [2.45, 2.75) is 26.1 Å². The third-order valence-electron chi connectivity index (χ3n) is 1.78. The molecule has 1 heteroatoms. The normalized spacial score (nSPS) is 12.0. The van der Waals surface area contributed by atoms with Crippen LogP contribution in [0, 0.1) is 12.3 Å². The van der Waals surface area contributed by atoms with E-state index in [0.717, 1.165) is 0 Å². The molecule has 0 heterocycles. The Labute approximate surface area is 79.7 Å². The number of rotatable bonds is 4. The Morgan fingerprint density at radius 3 is 2.69 bits per heavy atom. The second-order valence-electron chi connectivity index (χ2n) is 3.02. The first-order chi connectivity index (χ1) is 6.33. The van der Waals surface area contributed by atoms with Crippen molar-refractivity contribution in [2.75, 3.05) is 0 Å². The van der Waals surface area contributed by atoms with Crippen LogP contribution in [0.5, 0.6) is 0 Å². The van der Waals surface area contributed by atoms with Crippen molar-refractivity contribution in [1.82, 2.24) is 0 Å². The highest BCUT2D eigenvalue weighted by Gasteiger charge is 1.99. The highest BCUT2D eigenvalue weighted by Crippen LogP contribution is 2.04. The maximum absolute atomic E-state index is 5.53. The largest absolute Gasteiger partial charge is 0.373 e. The molecule has 0 saturated carbocycles. The lowest BCUT2D eigenvalue weighted by atomic mass is 10.2. The molecule has 0 aliphatic carbocycles. The molecule has 0 aliphatic heterocycles. The lowest BCUT2D eigenvalue weighted by molar-refractivity contribution is 0.0566. The van der Waals surface area contributed by atoms with Crippen LogP contribution >= 0.6 is 0 Å². The van der Waals surface area contributed by atoms with Gasteiger partial charge in [-0.1, -0.05) is 30.3 Å². The molecule has 0 amide bonds. The summed E-state index contributed by atoms with van der Waals surface area (Å²) in [4.78, 5) is 0. The van der Waals surface area contributed by atoms with Crippen molar-refractivity contribution < 1.29 is 4.74 Å². The van der Waals surface area contributed by atoms with E-state index in [9.17, 15) is 0 Å². The maximum Gasteiger partial charge on any atom is 0.0720 e. The van der Waals surface area contributed by atoms with E-state index in [-0.39, 0.29) is 6.10 Å². The second-order valence-corrected chi connectivity index (χ2v) is 3.02. The molecule has 1 aromatic rings. The minimum absolute atomic E-state index is 0.144. The van der Waals surface area contributed by atoms with Crippen molar-refractivity contribution in [3.63, 3.8) is 0 Å². The molecule has 68 valence electrons. The molecular weight excluding hydrogens is 160 g/mol. The molecular formula is C12H14O.